The van der Waals surface area contributed by atoms with Crippen molar-refractivity contribution in [2.45, 2.75) is 40.0 Å². The first kappa shape index (κ1) is 23.7. The molecule has 1 saturated heterocycles. The van der Waals surface area contributed by atoms with E-state index in [4.69, 9.17) is 4.98 Å². The molecule has 1 aliphatic heterocycles. The van der Waals surface area contributed by atoms with Gasteiger partial charge in [-0.25, -0.2) is 14.2 Å². The summed E-state index contributed by atoms with van der Waals surface area (Å²) >= 11 is 0. The van der Waals surface area contributed by atoms with Crippen molar-refractivity contribution in [1.29, 1.82) is 0 Å². The summed E-state index contributed by atoms with van der Waals surface area (Å²) in [6.07, 6.45) is 2.57. The number of anilines is 2. The highest BCUT2D eigenvalue weighted by molar-refractivity contribution is 5.94. The maximum Gasteiger partial charge on any atom is 0.340 e. The molecule has 0 radical (unpaired) electrons. The average Bonchev–Trinajstić information content (AvgIpc) is 2.76. The van der Waals surface area contributed by atoms with Crippen LogP contribution in [0, 0.1) is 18.2 Å². The zero-order valence-corrected chi connectivity index (χ0v) is 20.1. The van der Waals surface area contributed by atoms with Gasteiger partial charge in [-0.1, -0.05) is 26.0 Å². The summed E-state index contributed by atoms with van der Waals surface area (Å²) in [6, 6.07) is 8.02. The van der Waals surface area contributed by atoms with Gasteiger partial charge in [0, 0.05) is 26.7 Å². The summed E-state index contributed by atoms with van der Waals surface area (Å²) in [7, 11) is 1.77. The quantitative estimate of drug-likeness (QED) is 0.561. The normalized spacial score (nSPS) is 15.5. The van der Waals surface area contributed by atoms with Crippen molar-refractivity contribution in [1.82, 2.24) is 9.55 Å². The number of hydrogen-bond acceptors (Lipinski definition) is 5. The van der Waals surface area contributed by atoms with Crippen LogP contribution in [-0.2, 0) is 13.5 Å². The molecule has 0 spiro atoms. The number of carboxylic acid groups (broad SMARTS) is 1. The standard InChI is InChI=1S/C26H31FN4O3/c1-16-14-17(8-11-28-20-7-5-6-19(27)21(20)24(33)34)22-18(15-16)23(32)30(4)25(29-22)31-12-9-26(2,3)10-13-31/h5-7,14-15,28H,8-13H2,1-4H3,(H,33,34). The summed E-state index contributed by atoms with van der Waals surface area (Å²) in [4.78, 5) is 31.8. The SMILES string of the molecule is Cc1cc(CCNc2cccc(F)c2C(=O)O)c2nc(N3CCC(C)(C)CC3)n(C)c(=O)c2c1. The molecule has 1 fully saturated rings. The highest BCUT2D eigenvalue weighted by Crippen LogP contribution is 2.32. The van der Waals surface area contributed by atoms with Crippen LogP contribution >= 0.6 is 0 Å². The molecule has 3 aromatic rings. The van der Waals surface area contributed by atoms with Crippen LogP contribution in [-0.4, -0.2) is 40.3 Å². The van der Waals surface area contributed by atoms with Crippen molar-refractivity contribution in [2.75, 3.05) is 29.9 Å². The third-order valence-corrected chi connectivity index (χ3v) is 6.72. The summed E-state index contributed by atoms with van der Waals surface area (Å²) in [5, 5.41) is 13.0. The van der Waals surface area contributed by atoms with Gasteiger partial charge in [0.25, 0.3) is 5.56 Å². The maximum atomic E-state index is 14.0. The monoisotopic (exact) mass is 466 g/mol. The Labute approximate surface area is 198 Å². The van der Waals surface area contributed by atoms with Gasteiger partial charge >= 0.3 is 5.97 Å². The predicted octanol–water partition coefficient (Wildman–Crippen LogP) is 4.36. The van der Waals surface area contributed by atoms with Gasteiger partial charge in [0.05, 0.1) is 16.6 Å². The average molecular weight is 467 g/mol. The molecule has 2 aromatic carbocycles. The Kier molecular flexibility index (Phi) is 6.34. The van der Waals surface area contributed by atoms with Crippen molar-refractivity contribution in [3.8, 4) is 0 Å². The zero-order chi connectivity index (χ0) is 24.6. The Hall–Kier alpha value is -3.42. The Bertz CT molecular complexity index is 1310. The summed E-state index contributed by atoms with van der Waals surface area (Å²) in [6.45, 7) is 8.52. The largest absolute Gasteiger partial charge is 0.478 e. The van der Waals surface area contributed by atoms with Gasteiger partial charge in [-0.3, -0.25) is 9.36 Å². The zero-order valence-electron chi connectivity index (χ0n) is 20.1. The number of halogens is 1. The molecule has 2 N–H and O–H groups in total. The number of aryl methyl sites for hydroxylation is 1. The van der Waals surface area contributed by atoms with Crippen molar-refractivity contribution < 1.29 is 14.3 Å². The fourth-order valence-corrected chi connectivity index (χ4v) is 4.60. The lowest BCUT2D eigenvalue weighted by Crippen LogP contribution is -2.40. The van der Waals surface area contributed by atoms with Gasteiger partial charge < -0.3 is 15.3 Å². The molecule has 8 heteroatoms. The van der Waals surface area contributed by atoms with Crippen LogP contribution in [0.15, 0.2) is 35.1 Å². The number of fused-ring (bicyclic) bond motifs is 1. The van der Waals surface area contributed by atoms with Crippen LogP contribution < -0.4 is 15.8 Å². The Morgan fingerprint density at radius 2 is 1.94 bits per heavy atom. The van der Waals surface area contributed by atoms with Crippen molar-refractivity contribution in [3.63, 3.8) is 0 Å². The third-order valence-electron chi connectivity index (χ3n) is 6.72. The van der Waals surface area contributed by atoms with Gasteiger partial charge in [-0.05, 0) is 60.9 Å². The van der Waals surface area contributed by atoms with Gasteiger partial charge in [0.1, 0.15) is 11.4 Å². The summed E-state index contributed by atoms with van der Waals surface area (Å²) < 4.78 is 15.6. The van der Waals surface area contributed by atoms with Crippen molar-refractivity contribution in [3.05, 3.63) is 63.2 Å². The van der Waals surface area contributed by atoms with E-state index in [1.165, 1.54) is 6.07 Å². The lowest BCUT2D eigenvalue weighted by Gasteiger charge is -2.38. The third kappa shape index (κ3) is 4.62. The summed E-state index contributed by atoms with van der Waals surface area (Å²) in [5.41, 5.74) is 2.56. The smallest absolute Gasteiger partial charge is 0.340 e. The number of aromatic carboxylic acids is 1. The van der Waals surface area contributed by atoms with Gasteiger partial charge in [0.2, 0.25) is 5.95 Å². The molecule has 2 heterocycles. The molecule has 0 atom stereocenters. The minimum Gasteiger partial charge on any atom is -0.478 e. The second kappa shape index (κ2) is 9.08. The fraction of sp³-hybridized carbons (Fsp3) is 0.423. The minimum atomic E-state index is -1.32. The highest BCUT2D eigenvalue weighted by atomic mass is 19.1. The first-order chi connectivity index (χ1) is 16.1. The number of hydrogen-bond donors (Lipinski definition) is 2. The molecule has 0 amide bonds. The highest BCUT2D eigenvalue weighted by Gasteiger charge is 2.27. The van der Waals surface area contributed by atoms with E-state index in [0.29, 0.717) is 29.8 Å². The van der Waals surface area contributed by atoms with Crippen molar-refractivity contribution in [2.24, 2.45) is 12.5 Å². The fourth-order valence-electron chi connectivity index (χ4n) is 4.60. The van der Waals surface area contributed by atoms with Crippen LogP contribution in [0.3, 0.4) is 0 Å². The molecule has 0 unspecified atom stereocenters. The first-order valence-corrected chi connectivity index (χ1v) is 11.6. The molecule has 34 heavy (non-hydrogen) atoms. The maximum absolute atomic E-state index is 14.0. The first-order valence-electron chi connectivity index (χ1n) is 11.6. The second-order valence-corrected chi connectivity index (χ2v) is 9.89. The van der Waals surface area contributed by atoms with E-state index in [9.17, 15) is 19.1 Å². The van der Waals surface area contributed by atoms with E-state index in [1.54, 1.807) is 17.7 Å². The van der Waals surface area contributed by atoms with Crippen LogP contribution in [0.4, 0.5) is 16.0 Å². The van der Waals surface area contributed by atoms with E-state index < -0.39 is 11.8 Å². The lowest BCUT2D eigenvalue weighted by molar-refractivity contribution is 0.0693. The van der Waals surface area contributed by atoms with Gasteiger partial charge in [-0.2, -0.15) is 0 Å². The van der Waals surface area contributed by atoms with Gasteiger partial charge in [0.15, 0.2) is 0 Å². The number of nitrogens with zero attached hydrogens (tertiary/aromatic N) is 3. The molecule has 0 bridgehead atoms. The molecule has 0 saturated carbocycles. The lowest BCUT2D eigenvalue weighted by atomic mass is 9.83. The minimum absolute atomic E-state index is 0.0824. The molecule has 4 rings (SSSR count). The molecule has 1 aromatic heterocycles. The van der Waals surface area contributed by atoms with Crippen LogP contribution in [0.2, 0.25) is 0 Å². The van der Waals surface area contributed by atoms with Gasteiger partial charge in [-0.15, -0.1) is 0 Å². The van der Waals surface area contributed by atoms with Crippen LogP contribution in [0.25, 0.3) is 10.9 Å². The Morgan fingerprint density at radius 3 is 2.62 bits per heavy atom. The topological polar surface area (TPSA) is 87.5 Å². The van der Waals surface area contributed by atoms with E-state index in [1.807, 2.05) is 19.1 Å². The number of benzene rings is 2. The van der Waals surface area contributed by atoms with Crippen LogP contribution in [0.1, 0.15) is 48.2 Å². The molecular formula is C26H31FN4O3. The number of piperidine rings is 1. The predicted molar refractivity (Wildman–Crippen MR) is 133 cm³/mol. The number of nitrogens with one attached hydrogen (secondary N) is 1. The number of rotatable bonds is 6. The molecule has 1 aliphatic rings. The number of carbonyl (C=O) groups is 1. The molecule has 180 valence electrons. The molecular weight excluding hydrogens is 435 g/mol. The van der Waals surface area contributed by atoms with Crippen LogP contribution in [0.5, 0.6) is 0 Å². The molecule has 0 aliphatic carbocycles. The van der Waals surface area contributed by atoms with E-state index in [-0.39, 0.29) is 22.2 Å². The van der Waals surface area contributed by atoms with E-state index in [2.05, 4.69) is 24.1 Å². The number of aromatic nitrogens is 2. The van der Waals surface area contributed by atoms with E-state index in [0.717, 1.165) is 43.1 Å². The summed E-state index contributed by atoms with van der Waals surface area (Å²) in [5.74, 6) is -1.43. The number of carboxylic acids is 1. The molecule has 7 nitrogen and oxygen atoms in total. The Morgan fingerprint density at radius 1 is 1.24 bits per heavy atom. The van der Waals surface area contributed by atoms with E-state index >= 15 is 0 Å². The second-order valence-electron chi connectivity index (χ2n) is 9.89. The Balaban J connectivity index is 1.66. The van der Waals surface area contributed by atoms with Crippen molar-refractivity contribution >= 4 is 28.5 Å².